The van der Waals surface area contributed by atoms with Gasteiger partial charge in [-0.3, -0.25) is 14.9 Å². The molecule has 2 aromatic heterocycles. The quantitative estimate of drug-likeness (QED) is 0.620. The van der Waals surface area contributed by atoms with Gasteiger partial charge < -0.3 is 10.1 Å². The number of carbonyl (C=O) groups excluding carboxylic acids is 1. The van der Waals surface area contributed by atoms with Crippen molar-refractivity contribution >= 4 is 23.4 Å². The van der Waals surface area contributed by atoms with Crippen LogP contribution in [0.5, 0.6) is 5.75 Å². The molecular weight excluding hydrogens is 350 g/mol. The highest BCUT2D eigenvalue weighted by Gasteiger charge is 2.18. The van der Waals surface area contributed by atoms with Gasteiger partial charge in [0.25, 0.3) is 0 Å². The standard InChI is InChI=1S/C18H19N5O2S/c1-3-25-15-7-5-4-6-14(15)20-17(24)12(2)26-18-21-16(22-23-18)13-8-10-19-11-9-13/h4-12H,3H2,1-2H3,(H,20,24)(H,21,22,23)/t12-/m1/s1. The average Bonchev–Trinajstić information content (AvgIpc) is 3.13. The summed E-state index contributed by atoms with van der Waals surface area (Å²) in [5.41, 5.74) is 1.54. The Balaban J connectivity index is 1.64. The van der Waals surface area contributed by atoms with E-state index in [1.54, 1.807) is 12.4 Å². The van der Waals surface area contributed by atoms with Crippen molar-refractivity contribution in [1.29, 1.82) is 0 Å². The summed E-state index contributed by atoms with van der Waals surface area (Å²) in [6.07, 6.45) is 3.38. The molecule has 134 valence electrons. The number of aromatic nitrogens is 4. The number of pyridine rings is 1. The number of hydrogen-bond acceptors (Lipinski definition) is 6. The normalized spacial score (nSPS) is 11.8. The first-order chi connectivity index (χ1) is 12.7. The lowest BCUT2D eigenvalue weighted by atomic mass is 10.3. The molecule has 26 heavy (non-hydrogen) atoms. The number of hydrogen-bond donors (Lipinski definition) is 2. The fourth-order valence-electron chi connectivity index (χ4n) is 2.24. The molecule has 3 rings (SSSR count). The van der Waals surface area contributed by atoms with Gasteiger partial charge in [0, 0.05) is 18.0 Å². The SMILES string of the molecule is CCOc1ccccc1NC(=O)[C@@H](C)Sc1n[nH]c(-c2ccncc2)n1. The Hall–Kier alpha value is -2.87. The number of ether oxygens (including phenoxy) is 1. The fourth-order valence-corrected chi connectivity index (χ4v) is 2.96. The molecule has 8 heteroatoms. The van der Waals surface area contributed by atoms with E-state index in [1.165, 1.54) is 11.8 Å². The maximum atomic E-state index is 12.5. The minimum atomic E-state index is -0.370. The number of aromatic amines is 1. The number of benzene rings is 1. The number of H-pyrrole nitrogens is 1. The second kappa shape index (κ2) is 8.48. The van der Waals surface area contributed by atoms with Crippen molar-refractivity contribution in [3.8, 4) is 17.1 Å². The topological polar surface area (TPSA) is 92.8 Å². The fraction of sp³-hybridized carbons (Fsp3) is 0.222. The highest BCUT2D eigenvalue weighted by molar-refractivity contribution is 8.00. The first-order valence-corrected chi connectivity index (χ1v) is 9.07. The lowest BCUT2D eigenvalue weighted by molar-refractivity contribution is -0.115. The summed E-state index contributed by atoms with van der Waals surface area (Å²) in [7, 11) is 0. The molecule has 0 bridgehead atoms. The van der Waals surface area contributed by atoms with Crippen molar-refractivity contribution in [2.75, 3.05) is 11.9 Å². The molecule has 7 nitrogen and oxygen atoms in total. The van der Waals surface area contributed by atoms with E-state index >= 15 is 0 Å². The zero-order valence-electron chi connectivity index (χ0n) is 14.5. The zero-order chi connectivity index (χ0) is 18.4. The molecule has 0 saturated heterocycles. The van der Waals surface area contributed by atoms with Gasteiger partial charge >= 0.3 is 0 Å². The van der Waals surface area contributed by atoms with Crippen LogP contribution in [0.1, 0.15) is 13.8 Å². The van der Waals surface area contributed by atoms with E-state index < -0.39 is 0 Å². The molecule has 2 heterocycles. The van der Waals surface area contributed by atoms with Gasteiger partial charge in [0.1, 0.15) is 5.75 Å². The third-order valence-corrected chi connectivity index (χ3v) is 4.48. The van der Waals surface area contributed by atoms with E-state index in [1.807, 2.05) is 50.2 Å². The zero-order valence-corrected chi connectivity index (χ0v) is 15.3. The Morgan fingerprint density at radius 3 is 2.81 bits per heavy atom. The second-order valence-corrected chi connectivity index (χ2v) is 6.69. The number of carbonyl (C=O) groups is 1. The van der Waals surface area contributed by atoms with Crippen LogP contribution in [0.4, 0.5) is 5.69 Å². The van der Waals surface area contributed by atoms with Crippen LogP contribution < -0.4 is 10.1 Å². The van der Waals surface area contributed by atoms with E-state index in [0.717, 1.165) is 5.56 Å². The number of amides is 1. The lowest BCUT2D eigenvalue weighted by Gasteiger charge is -2.13. The van der Waals surface area contributed by atoms with E-state index in [2.05, 4.69) is 25.5 Å². The predicted molar refractivity (Wildman–Crippen MR) is 101 cm³/mol. The number of rotatable bonds is 7. The number of nitrogens with zero attached hydrogens (tertiary/aromatic N) is 3. The summed E-state index contributed by atoms with van der Waals surface area (Å²) in [5.74, 6) is 1.15. The Bertz CT molecular complexity index is 869. The minimum absolute atomic E-state index is 0.141. The highest BCUT2D eigenvalue weighted by Crippen LogP contribution is 2.27. The van der Waals surface area contributed by atoms with E-state index in [4.69, 9.17) is 4.74 Å². The van der Waals surface area contributed by atoms with Gasteiger partial charge in [-0.05, 0) is 38.1 Å². The summed E-state index contributed by atoms with van der Waals surface area (Å²) in [4.78, 5) is 20.9. The summed E-state index contributed by atoms with van der Waals surface area (Å²) < 4.78 is 5.53. The molecule has 0 unspecified atom stereocenters. The average molecular weight is 369 g/mol. The highest BCUT2D eigenvalue weighted by atomic mass is 32.2. The monoisotopic (exact) mass is 369 g/mol. The van der Waals surface area contributed by atoms with E-state index in [9.17, 15) is 4.79 Å². The number of anilines is 1. The van der Waals surface area contributed by atoms with Crippen molar-refractivity contribution in [3.05, 3.63) is 48.8 Å². The van der Waals surface area contributed by atoms with Crippen LogP contribution in [0.15, 0.2) is 53.9 Å². The molecule has 0 aliphatic heterocycles. The maximum Gasteiger partial charge on any atom is 0.237 e. The van der Waals surface area contributed by atoms with Crippen LogP contribution in [0, 0.1) is 0 Å². The Labute approximate surface area is 155 Å². The van der Waals surface area contributed by atoms with Crippen LogP contribution in [0.2, 0.25) is 0 Å². The van der Waals surface area contributed by atoms with E-state index in [0.29, 0.717) is 29.0 Å². The second-order valence-electron chi connectivity index (χ2n) is 5.38. The Morgan fingerprint density at radius 1 is 1.27 bits per heavy atom. The molecule has 1 amide bonds. The molecular formula is C18H19N5O2S. The van der Waals surface area contributed by atoms with Gasteiger partial charge in [0.2, 0.25) is 11.1 Å². The molecule has 0 spiro atoms. The molecule has 0 aliphatic carbocycles. The van der Waals surface area contributed by atoms with Crippen molar-refractivity contribution in [3.63, 3.8) is 0 Å². The lowest BCUT2D eigenvalue weighted by Crippen LogP contribution is -2.22. The van der Waals surface area contributed by atoms with Gasteiger partial charge in [0.05, 0.1) is 17.5 Å². The first kappa shape index (κ1) is 17.9. The van der Waals surface area contributed by atoms with Crippen molar-refractivity contribution in [2.45, 2.75) is 24.3 Å². The van der Waals surface area contributed by atoms with Crippen LogP contribution >= 0.6 is 11.8 Å². The number of thioether (sulfide) groups is 1. The number of para-hydroxylation sites is 2. The van der Waals surface area contributed by atoms with Crippen LogP contribution in [-0.4, -0.2) is 37.9 Å². The first-order valence-electron chi connectivity index (χ1n) is 8.19. The van der Waals surface area contributed by atoms with Crippen LogP contribution in [0.3, 0.4) is 0 Å². The van der Waals surface area contributed by atoms with Gasteiger partial charge in [-0.15, -0.1) is 5.10 Å². The third kappa shape index (κ3) is 4.40. The summed E-state index contributed by atoms with van der Waals surface area (Å²) >= 11 is 1.28. The predicted octanol–water partition coefficient (Wildman–Crippen LogP) is 3.38. The molecule has 0 fully saturated rings. The van der Waals surface area contributed by atoms with Crippen molar-refractivity contribution in [2.24, 2.45) is 0 Å². The van der Waals surface area contributed by atoms with Gasteiger partial charge in [-0.1, -0.05) is 23.9 Å². The third-order valence-electron chi connectivity index (χ3n) is 3.51. The molecule has 1 aromatic carbocycles. The molecule has 1 atom stereocenters. The summed E-state index contributed by atoms with van der Waals surface area (Å²) in [6.45, 7) is 4.25. The molecule has 0 radical (unpaired) electrons. The molecule has 2 N–H and O–H groups in total. The molecule has 3 aromatic rings. The summed E-state index contributed by atoms with van der Waals surface area (Å²) in [5, 5.41) is 10.1. The smallest absolute Gasteiger partial charge is 0.237 e. The van der Waals surface area contributed by atoms with Crippen LogP contribution in [0.25, 0.3) is 11.4 Å². The molecule has 0 aliphatic rings. The Morgan fingerprint density at radius 2 is 2.04 bits per heavy atom. The van der Waals surface area contributed by atoms with Gasteiger partial charge in [-0.2, -0.15) is 0 Å². The van der Waals surface area contributed by atoms with Crippen molar-refractivity contribution < 1.29 is 9.53 Å². The Kier molecular flexibility index (Phi) is 5.85. The maximum absolute atomic E-state index is 12.5. The largest absolute Gasteiger partial charge is 0.492 e. The van der Waals surface area contributed by atoms with Crippen molar-refractivity contribution in [1.82, 2.24) is 20.2 Å². The van der Waals surface area contributed by atoms with Crippen LogP contribution in [-0.2, 0) is 4.79 Å². The van der Waals surface area contributed by atoms with Gasteiger partial charge in [-0.25, -0.2) is 4.98 Å². The number of nitrogens with one attached hydrogen (secondary N) is 2. The summed E-state index contributed by atoms with van der Waals surface area (Å²) in [6, 6.07) is 11.0. The van der Waals surface area contributed by atoms with E-state index in [-0.39, 0.29) is 11.2 Å². The molecule has 0 saturated carbocycles. The van der Waals surface area contributed by atoms with Gasteiger partial charge in [0.15, 0.2) is 5.82 Å². The minimum Gasteiger partial charge on any atom is -0.492 e.